The Morgan fingerprint density at radius 1 is 1.06 bits per heavy atom. The molecular formula is C23H32N6O6. The molecule has 3 unspecified atom stereocenters. The van der Waals surface area contributed by atoms with Crippen molar-refractivity contribution in [3.63, 3.8) is 0 Å². The van der Waals surface area contributed by atoms with E-state index in [1.165, 1.54) is 0 Å². The number of primary amides is 1. The lowest BCUT2D eigenvalue weighted by Crippen LogP contribution is -2.55. The number of benzene rings is 1. The van der Waals surface area contributed by atoms with Crippen molar-refractivity contribution in [1.82, 2.24) is 20.9 Å². The van der Waals surface area contributed by atoms with Gasteiger partial charge in [-0.05, 0) is 24.0 Å². The van der Waals surface area contributed by atoms with Crippen molar-refractivity contribution >= 4 is 40.5 Å². The van der Waals surface area contributed by atoms with Crippen molar-refractivity contribution in [1.29, 1.82) is 0 Å². The molecular weight excluding hydrogens is 456 g/mol. The van der Waals surface area contributed by atoms with Gasteiger partial charge < -0.3 is 37.5 Å². The number of para-hydroxylation sites is 1. The van der Waals surface area contributed by atoms with Gasteiger partial charge in [0.25, 0.3) is 0 Å². The van der Waals surface area contributed by atoms with E-state index in [9.17, 15) is 29.1 Å². The van der Waals surface area contributed by atoms with Crippen molar-refractivity contribution in [3.05, 3.63) is 36.0 Å². The highest BCUT2D eigenvalue weighted by Crippen LogP contribution is 2.19. The Hall–Kier alpha value is -3.93. The van der Waals surface area contributed by atoms with Gasteiger partial charge in [0, 0.05) is 29.9 Å². The largest absolute Gasteiger partial charge is 0.480 e. The molecule has 1 aromatic heterocycles. The smallest absolute Gasteiger partial charge is 0.326 e. The Balaban J connectivity index is 2.11. The molecule has 1 aromatic carbocycles. The predicted molar refractivity (Wildman–Crippen MR) is 128 cm³/mol. The number of rotatable bonds is 13. The average molecular weight is 489 g/mol. The summed E-state index contributed by atoms with van der Waals surface area (Å²) in [4.78, 5) is 63.1. The molecule has 0 saturated heterocycles. The summed E-state index contributed by atoms with van der Waals surface area (Å²) < 4.78 is 0. The minimum absolute atomic E-state index is 0.0279. The first-order valence-electron chi connectivity index (χ1n) is 11.2. The quantitative estimate of drug-likeness (QED) is 0.189. The number of H-pyrrole nitrogens is 1. The molecule has 35 heavy (non-hydrogen) atoms. The van der Waals surface area contributed by atoms with Gasteiger partial charge in [0.05, 0.1) is 12.6 Å². The number of fused-ring (bicyclic) bond motifs is 1. The van der Waals surface area contributed by atoms with E-state index in [-0.39, 0.29) is 25.2 Å². The van der Waals surface area contributed by atoms with Gasteiger partial charge in [-0.1, -0.05) is 32.0 Å². The van der Waals surface area contributed by atoms with E-state index in [1.807, 2.05) is 24.3 Å². The van der Waals surface area contributed by atoms with E-state index >= 15 is 0 Å². The van der Waals surface area contributed by atoms with Crippen molar-refractivity contribution in [2.75, 3.05) is 6.54 Å². The number of nitrogens with one attached hydrogen (secondary N) is 4. The Labute approximate surface area is 202 Å². The number of carboxylic acids is 1. The van der Waals surface area contributed by atoms with Crippen molar-refractivity contribution in [3.8, 4) is 0 Å². The molecule has 190 valence electrons. The minimum Gasteiger partial charge on any atom is -0.480 e. The second-order valence-electron chi connectivity index (χ2n) is 8.58. The number of aromatic nitrogens is 1. The first kappa shape index (κ1) is 27.3. The third-order valence-corrected chi connectivity index (χ3v) is 5.44. The molecule has 9 N–H and O–H groups in total. The number of carbonyl (C=O) groups excluding carboxylic acids is 4. The predicted octanol–water partition coefficient (Wildman–Crippen LogP) is -0.870. The lowest BCUT2D eigenvalue weighted by atomic mass is 10.0. The molecule has 0 bridgehead atoms. The maximum absolute atomic E-state index is 13.0. The minimum atomic E-state index is -1.19. The van der Waals surface area contributed by atoms with Gasteiger partial charge in [-0.3, -0.25) is 19.2 Å². The summed E-state index contributed by atoms with van der Waals surface area (Å²) in [6.07, 6.45) is 1.75. The fourth-order valence-corrected chi connectivity index (χ4v) is 3.47. The van der Waals surface area contributed by atoms with Crippen LogP contribution in [0.3, 0.4) is 0 Å². The van der Waals surface area contributed by atoms with Gasteiger partial charge >= 0.3 is 5.97 Å². The fraction of sp³-hybridized carbons (Fsp3) is 0.435. The molecule has 3 atom stereocenters. The first-order valence-corrected chi connectivity index (χ1v) is 11.2. The third-order valence-electron chi connectivity index (χ3n) is 5.44. The number of hydrogen-bond acceptors (Lipinski definition) is 6. The van der Waals surface area contributed by atoms with Crippen LogP contribution >= 0.6 is 0 Å². The fourth-order valence-electron chi connectivity index (χ4n) is 3.47. The van der Waals surface area contributed by atoms with Gasteiger partial charge in [0.15, 0.2) is 0 Å². The zero-order valence-electron chi connectivity index (χ0n) is 19.7. The molecule has 1 heterocycles. The summed E-state index contributed by atoms with van der Waals surface area (Å²) >= 11 is 0. The lowest BCUT2D eigenvalue weighted by Gasteiger charge is -2.23. The van der Waals surface area contributed by atoms with Gasteiger partial charge in [-0.25, -0.2) is 4.79 Å². The van der Waals surface area contributed by atoms with Crippen molar-refractivity contribution < 1.29 is 29.1 Å². The van der Waals surface area contributed by atoms with Crippen LogP contribution in [-0.4, -0.2) is 64.4 Å². The highest BCUT2D eigenvalue weighted by atomic mass is 16.4. The van der Waals surface area contributed by atoms with E-state index in [4.69, 9.17) is 11.5 Å². The van der Waals surface area contributed by atoms with Gasteiger partial charge in [0.1, 0.15) is 12.1 Å². The number of nitrogens with two attached hydrogens (primary N) is 2. The van der Waals surface area contributed by atoms with Gasteiger partial charge in [-0.2, -0.15) is 0 Å². The molecule has 0 aliphatic heterocycles. The van der Waals surface area contributed by atoms with E-state index < -0.39 is 54.3 Å². The summed E-state index contributed by atoms with van der Waals surface area (Å²) in [5.41, 5.74) is 12.3. The summed E-state index contributed by atoms with van der Waals surface area (Å²) in [6.45, 7) is 2.85. The number of hydrogen-bond donors (Lipinski definition) is 7. The zero-order chi connectivity index (χ0) is 26.1. The number of carbonyl (C=O) groups is 5. The average Bonchev–Trinajstić information content (AvgIpc) is 3.21. The van der Waals surface area contributed by atoms with Crippen LogP contribution in [0.5, 0.6) is 0 Å². The molecule has 4 amide bonds. The molecule has 12 nitrogen and oxygen atoms in total. The maximum Gasteiger partial charge on any atom is 0.326 e. The topological polar surface area (TPSA) is 210 Å². The number of amides is 4. The molecule has 2 rings (SSSR count). The summed E-state index contributed by atoms with van der Waals surface area (Å²) in [5, 5.41) is 17.7. The highest BCUT2D eigenvalue weighted by Gasteiger charge is 2.29. The Morgan fingerprint density at radius 2 is 1.74 bits per heavy atom. The molecule has 0 saturated carbocycles. The maximum atomic E-state index is 13.0. The molecule has 12 heteroatoms. The molecule has 0 fully saturated rings. The standard InChI is InChI=1S/C23H32N6O6/c1-12(2)20(23(34)35)29-22(33)17(9-13-10-26-16-6-4-3-5-14(13)16)28-19(31)11-27-21(32)15(24)7-8-18(25)30/h3-6,10,12,15,17,20,26H,7-9,11,24H2,1-2H3,(H2,25,30)(H,27,32)(H,28,31)(H,29,33)(H,34,35). The van der Waals surface area contributed by atoms with E-state index in [0.717, 1.165) is 16.5 Å². The van der Waals surface area contributed by atoms with E-state index in [1.54, 1.807) is 20.0 Å². The van der Waals surface area contributed by atoms with Crippen molar-refractivity contribution in [2.45, 2.75) is 51.2 Å². The SMILES string of the molecule is CC(C)C(NC(=O)C(Cc1c[nH]c2ccccc12)NC(=O)CNC(=O)C(N)CCC(N)=O)C(=O)O. The molecule has 0 radical (unpaired) electrons. The Kier molecular flexibility index (Phi) is 9.76. The number of carboxylic acid groups (broad SMARTS) is 1. The zero-order valence-corrected chi connectivity index (χ0v) is 19.7. The normalized spacial score (nSPS) is 13.6. The van der Waals surface area contributed by atoms with Gasteiger partial charge in [-0.15, -0.1) is 0 Å². The summed E-state index contributed by atoms with van der Waals surface area (Å²) in [5.74, 6) is -4.17. The summed E-state index contributed by atoms with van der Waals surface area (Å²) in [6, 6.07) is 4.14. The van der Waals surface area contributed by atoms with Gasteiger partial charge in [0.2, 0.25) is 23.6 Å². The Morgan fingerprint density at radius 3 is 2.37 bits per heavy atom. The summed E-state index contributed by atoms with van der Waals surface area (Å²) in [7, 11) is 0. The molecule has 0 aliphatic rings. The van der Waals surface area contributed by atoms with E-state index in [0.29, 0.717) is 0 Å². The Bertz CT molecular complexity index is 1080. The highest BCUT2D eigenvalue weighted by molar-refractivity contribution is 5.93. The van der Waals surface area contributed by atoms with Crippen LogP contribution in [0, 0.1) is 5.92 Å². The van der Waals surface area contributed by atoms with Crippen LogP contribution < -0.4 is 27.4 Å². The third kappa shape index (κ3) is 8.10. The van der Waals surface area contributed by atoms with Crippen molar-refractivity contribution in [2.24, 2.45) is 17.4 Å². The number of aliphatic carboxylic acids is 1. The lowest BCUT2D eigenvalue weighted by molar-refractivity contribution is -0.143. The second-order valence-corrected chi connectivity index (χ2v) is 8.58. The van der Waals surface area contributed by atoms with Crippen LogP contribution in [0.15, 0.2) is 30.5 Å². The molecule has 0 aliphatic carbocycles. The second kappa shape index (κ2) is 12.5. The molecule has 0 spiro atoms. The van der Waals surface area contributed by atoms with Crippen LogP contribution in [0.1, 0.15) is 32.3 Å². The monoisotopic (exact) mass is 488 g/mol. The first-order chi connectivity index (χ1) is 16.5. The van der Waals surface area contributed by atoms with Crippen LogP contribution in [0.25, 0.3) is 10.9 Å². The van der Waals surface area contributed by atoms with Crippen LogP contribution in [-0.2, 0) is 30.4 Å². The molecule has 2 aromatic rings. The van der Waals surface area contributed by atoms with Crippen LogP contribution in [0.2, 0.25) is 0 Å². The number of aromatic amines is 1. The van der Waals surface area contributed by atoms with Crippen LogP contribution in [0.4, 0.5) is 0 Å². The van der Waals surface area contributed by atoms with E-state index in [2.05, 4.69) is 20.9 Å².